The van der Waals surface area contributed by atoms with Crippen molar-refractivity contribution in [1.82, 2.24) is 20.9 Å². The molecule has 0 aromatic heterocycles. The number of hydrogen-bond donors (Lipinski definition) is 3. The number of benzene rings is 4. The third kappa shape index (κ3) is 9.97. The minimum Gasteiger partial charge on any atom is -0.459 e. The predicted octanol–water partition coefficient (Wildman–Crippen LogP) is 6.26. The molecule has 1 unspecified atom stereocenters. The fourth-order valence-electron chi connectivity index (χ4n) is 4.36. The molecule has 9 nitrogen and oxygen atoms in total. The Kier molecular flexibility index (Phi) is 12.4. The second-order valence-corrected chi connectivity index (χ2v) is 11.5. The first-order valence-corrected chi connectivity index (χ1v) is 15.3. The van der Waals surface area contributed by atoms with E-state index in [4.69, 9.17) is 39.5 Å². The molecule has 0 radical (unpaired) electrons. The van der Waals surface area contributed by atoms with Gasteiger partial charge in [0.2, 0.25) is 0 Å². The van der Waals surface area contributed by atoms with Gasteiger partial charge in [0.25, 0.3) is 11.8 Å². The molecule has 0 saturated carbocycles. The third-order valence-corrected chi connectivity index (χ3v) is 7.59. The van der Waals surface area contributed by atoms with Gasteiger partial charge in [0.05, 0.1) is 22.2 Å². The molecule has 0 saturated heterocycles. The molecule has 0 aliphatic carbocycles. The van der Waals surface area contributed by atoms with Crippen LogP contribution in [-0.4, -0.2) is 48.3 Å². The lowest BCUT2D eigenvalue weighted by Gasteiger charge is -2.22. The Morgan fingerprint density at radius 1 is 0.739 bits per heavy atom. The Morgan fingerprint density at radius 2 is 1.35 bits per heavy atom. The maximum atomic E-state index is 13.4. The zero-order chi connectivity index (χ0) is 33.1. The summed E-state index contributed by atoms with van der Waals surface area (Å²) >= 11 is 18.9. The summed E-state index contributed by atoms with van der Waals surface area (Å²) in [7, 11) is 1.61. The maximum Gasteiger partial charge on any atom is 0.330 e. The number of rotatable bonds is 12. The summed E-state index contributed by atoms with van der Waals surface area (Å²) in [5, 5.41) is 8.30. The van der Waals surface area contributed by atoms with Gasteiger partial charge in [-0.1, -0.05) is 108 Å². The molecule has 0 spiro atoms. The SMILES string of the molecule is CN(Cc1ccccc1)C(=O)NCC(NC(=O)c1c(Cl)cc(C(=O)NCc2cccc(Cl)c2)cc1Cl)C(=O)OCc1ccccc1. The number of nitrogens with one attached hydrogen (secondary N) is 3. The molecule has 238 valence electrons. The van der Waals surface area contributed by atoms with E-state index in [-0.39, 0.29) is 40.9 Å². The van der Waals surface area contributed by atoms with Gasteiger partial charge >= 0.3 is 12.0 Å². The molecule has 4 rings (SSSR count). The van der Waals surface area contributed by atoms with Crippen molar-refractivity contribution in [3.63, 3.8) is 0 Å². The molecule has 0 aliphatic heterocycles. The molecule has 12 heteroatoms. The highest BCUT2D eigenvalue weighted by Gasteiger charge is 2.27. The van der Waals surface area contributed by atoms with Crippen molar-refractivity contribution < 1.29 is 23.9 Å². The van der Waals surface area contributed by atoms with Crippen LogP contribution in [0.4, 0.5) is 4.79 Å². The summed E-state index contributed by atoms with van der Waals surface area (Å²) in [6.45, 7) is 0.202. The summed E-state index contributed by atoms with van der Waals surface area (Å²) < 4.78 is 5.45. The zero-order valence-electron chi connectivity index (χ0n) is 24.8. The third-order valence-electron chi connectivity index (χ3n) is 6.75. The van der Waals surface area contributed by atoms with E-state index in [0.29, 0.717) is 11.6 Å². The Labute approximate surface area is 281 Å². The van der Waals surface area contributed by atoms with E-state index < -0.39 is 29.9 Å². The minimum atomic E-state index is -1.29. The summed E-state index contributed by atoms with van der Waals surface area (Å²) in [6, 6.07) is 26.3. The highest BCUT2D eigenvalue weighted by Crippen LogP contribution is 2.27. The van der Waals surface area contributed by atoms with Gasteiger partial charge in [-0.3, -0.25) is 9.59 Å². The van der Waals surface area contributed by atoms with E-state index in [9.17, 15) is 19.2 Å². The van der Waals surface area contributed by atoms with Crippen LogP contribution in [0.3, 0.4) is 0 Å². The van der Waals surface area contributed by atoms with Crippen LogP contribution in [-0.2, 0) is 29.2 Å². The normalized spacial score (nSPS) is 11.2. The zero-order valence-corrected chi connectivity index (χ0v) is 27.0. The van der Waals surface area contributed by atoms with Crippen molar-refractivity contribution in [2.24, 2.45) is 0 Å². The van der Waals surface area contributed by atoms with E-state index in [1.165, 1.54) is 17.0 Å². The first-order valence-electron chi connectivity index (χ1n) is 14.2. The van der Waals surface area contributed by atoms with Crippen LogP contribution in [0.1, 0.15) is 37.4 Å². The monoisotopic (exact) mass is 680 g/mol. The van der Waals surface area contributed by atoms with Crippen molar-refractivity contribution in [2.45, 2.75) is 25.7 Å². The molecule has 4 aromatic carbocycles. The minimum absolute atomic E-state index is 0.0472. The van der Waals surface area contributed by atoms with Crippen molar-refractivity contribution in [3.8, 4) is 0 Å². The number of hydrogen-bond acceptors (Lipinski definition) is 5. The molecule has 3 N–H and O–H groups in total. The molecule has 1 atom stereocenters. The molecular formula is C34H31Cl3N4O5. The molecular weight excluding hydrogens is 651 g/mol. The summed E-state index contributed by atoms with van der Waals surface area (Å²) in [5.41, 5.74) is 2.42. The molecule has 0 fully saturated rings. The van der Waals surface area contributed by atoms with Crippen molar-refractivity contribution in [3.05, 3.63) is 140 Å². The Bertz CT molecular complexity index is 1670. The largest absolute Gasteiger partial charge is 0.459 e. The number of amides is 4. The molecule has 0 heterocycles. The van der Waals surface area contributed by atoms with E-state index in [1.807, 2.05) is 42.5 Å². The van der Waals surface area contributed by atoms with Gasteiger partial charge in [-0.25, -0.2) is 9.59 Å². The van der Waals surface area contributed by atoms with E-state index in [0.717, 1.165) is 16.7 Å². The molecule has 0 aliphatic rings. The molecule has 4 amide bonds. The second kappa shape index (κ2) is 16.7. The lowest BCUT2D eigenvalue weighted by Crippen LogP contribution is -2.51. The number of urea groups is 1. The summed E-state index contributed by atoms with van der Waals surface area (Å²) in [5.74, 6) is -2.05. The Morgan fingerprint density at radius 3 is 1.98 bits per heavy atom. The topological polar surface area (TPSA) is 117 Å². The van der Waals surface area contributed by atoms with Gasteiger partial charge in [-0.15, -0.1) is 0 Å². The van der Waals surface area contributed by atoms with Gasteiger partial charge in [0, 0.05) is 30.7 Å². The van der Waals surface area contributed by atoms with E-state index >= 15 is 0 Å². The van der Waals surface area contributed by atoms with Gasteiger partial charge in [0.15, 0.2) is 0 Å². The van der Waals surface area contributed by atoms with Crippen LogP contribution in [0, 0.1) is 0 Å². The Hall–Kier alpha value is -4.57. The van der Waals surface area contributed by atoms with Crippen LogP contribution in [0.5, 0.6) is 0 Å². The molecule has 46 heavy (non-hydrogen) atoms. The number of ether oxygens (including phenoxy) is 1. The van der Waals surface area contributed by atoms with Gasteiger partial charge in [-0.2, -0.15) is 0 Å². The predicted molar refractivity (Wildman–Crippen MR) is 178 cm³/mol. The van der Waals surface area contributed by atoms with Gasteiger partial charge in [-0.05, 0) is 41.0 Å². The van der Waals surface area contributed by atoms with Crippen molar-refractivity contribution in [2.75, 3.05) is 13.6 Å². The van der Waals surface area contributed by atoms with Crippen LogP contribution in [0.25, 0.3) is 0 Å². The van der Waals surface area contributed by atoms with Crippen LogP contribution in [0.15, 0.2) is 97.1 Å². The average Bonchev–Trinajstić information content (AvgIpc) is 3.04. The van der Waals surface area contributed by atoms with Crippen molar-refractivity contribution in [1.29, 1.82) is 0 Å². The quantitative estimate of drug-likeness (QED) is 0.153. The fourth-order valence-corrected chi connectivity index (χ4v) is 5.23. The average molecular weight is 682 g/mol. The number of nitrogens with zero attached hydrogens (tertiary/aromatic N) is 1. The lowest BCUT2D eigenvalue weighted by atomic mass is 10.1. The van der Waals surface area contributed by atoms with Crippen LogP contribution >= 0.6 is 34.8 Å². The van der Waals surface area contributed by atoms with Crippen molar-refractivity contribution >= 4 is 58.6 Å². The molecule has 4 aromatic rings. The first kappa shape index (κ1) is 34.3. The highest BCUT2D eigenvalue weighted by atomic mass is 35.5. The van der Waals surface area contributed by atoms with Crippen LogP contribution < -0.4 is 16.0 Å². The second-order valence-electron chi connectivity index (χ2n) is 10.3. The summed E-state index contributed by atoms with van der Waals surface area (Å²) in [6.07, 6.45) is 0. The number of carbonyl (C=O) groups excluding carboxylic acids is 4. The smallest absolute Gasteiger partial charge is 0.330 e. The van der Waals surface area contributed by atoms with E-state index in [1.54, 1.807) is 49.5 Å². The molecule has 0 bridgehead atoms. The maximum absolute atomic E-state index is 13.4. The lowest BCUT2D eigenvalue weighted by molar-refractivity contribution is -0.147. The fraction of sp³-hybridized carbons (Fsp3) is 0.176. The Balaban J connectivity index is 1.44. The first-order chi connectivity index (χ1) is 22.1. The standard InChI is InChI=1S/C34H31Cl3N4O5/c1-41(20-22-9-4-2-5-10-22)34(45)39-19-29(33(44)46-21-23-11-6-3-7-12-23)40-32(43)30-27(36)16-25(17-28(30)37)31(42)38-18-24-13-8-14-26(35)15-24/h2-17,29H,18-21H2,1H3,(H,38,42)(H,39,45)(H,40,43). The van der Waals surface area contributed by atoms with Crippen LogP contribution in [0.2, 0.25) is 15.1 Å². The number of carbonyl (C=O) groups is 4. The van der Waals surface area contributed by atoms with Gasteiger partial charge < -0.3 is 25.6 Å². The van der Waals surface area contributed by atoms with Gasteiger partial charge in [0.1, 0.15) is 12.6 Å². The highest BCUT2D eigenvalue weighted by molar-refractivity contribution is 6.40. The summed E-state index contributed by atoms with van der Waals surface area (Å²) in [4.78, 5) is 53.6. The number of esters is 1. The van der Waals surface area contributed by atoms with E-state index in [2.05, 4.69) is 16.0 Å². The number of halogens is 3.